The zero-order chi connectivity index (χ0) is 14.1. The third-order valence-electron chi connectivity index (χ3n) is 4.15. The largest absolute Gasteiger partial charge is 0.339 e. The van der Waals surface area contributed by atoms with E-state index in [0.717, 1.165) is 17.7 Å². The highest BCUT2D eigenvalue weighted by atomic mass is 32.1. The van der Waals surface area contributed by atoms with Crippen molar-refractivity contribution in [3.63, 3.8) is 0 Å². The summed E-state index contributed by atoms with van der Waals surface area (Å²) in [6, 6.07) is 0.363. The summed E-state index contributed by atoms with van der Waals surface area (Å²) in [7, 11) is 0. The van der Waals surface area contributed by atoms with Gasteiger partial charge in [-0.15, -0.1) is 11.3 Å². The standard InChI is InChI=1S/C14H19N3O2S/c1-9-7-15-14(20-9)16-13(19)10-6-12(18)17(8-10)11-4-2-3-5-11/h7,10-11H,2-6,8H2,1H3,(H,15,16,19). The van der Waals surface area contributed by atoms with E-state index in [1.807, 2.05) is 11.8 Å². The van der Waals surface area contributed by atoms with E-state index in [4.69, 9.17) is 0 Å². The number of thiazole rings is 1. The summed E-state index contributed by atoms with van der Waals surface area (Å²) in [4.78, 5) is 31.4. The van der Waals surface area contributed by atoms with Crippen molar-refractivity contribution in [2.75, 3.05) is 11.9 Å². The van der Waals surface area contributed by atoms with Crippen molar-refractivity contribution in [1.29, 1.82) is 0 Å². The van der Waals surface area contributed by atoms with Crippen LogP contribution in [0.25, 0.3) is 0 Å². The molecule has 5 nitrogen and oxygen atoms in total. The molecule has 2 fully saturated rings. The van der Waals surface area contributed by atoms with Crippen LogP contribution in [0.2, 0.25) is 0 Å². The van der Waals surface area contributed by atoms with Crippen molar-refractivity contribution in [2.24, 2.45) is 5.92 Å². The minimum atomic E-state index is -0.229. The zero-order valence-electron chi connectivity index (χ0n) is 11.6. The minimum Gasteiger partial charge on any atom is -0.339 e. The first kappa shape index (κ1) is 13.5. The summed E-state index contributed by atoms with van der Waals surface area (Å²) in [5, 5.41) is 3.45. The maximum absolute atomic E-state index is 12.2. The van der Waals surface area contributed by atoms with Crippen LogP contribution in [0.15, 0.2) is 6.20 Å². The minimum absolute atomic E-state index is 0.0757. The molecular formula is C14H19N3O2S. The molecule has 1 aromatic rings. The molecule has 20 heavy (non-hydrogen) atoms. The van der Waals surface area contributed by atoms with Gasteiger partial charge in [0.15, 0.2) is 5.13 Å². The number of aryl methyl sites for hydroxylation is 1. The van der Waals surface area contributed by atoms with Crippen LogP contribution in [-0.4, -0.2) is 34.3 Å². The molecule has 1 saturated carbocycles. The second kappa shape index (κ2) is 5.52. The second-order valence-corrected chi connectivity index (χ2v) is 6.89. The van der Waals surface area contributed by atoms with E-state index in [1.165, 1.54) is 24.2 Å². The van der Waals surface area contributed by atoms with Gasteiger partial charge in [-0.25, -0.2) is 4.98 Å². The van der Waals surface area contributed by atoms with Crippen molar-refractivity contribution in [2.45, 2.75) is 45.1 Å². The lowest BCUT2D eigenvalue weighted by Gasteiger charge is -2.23. The molecule has 6 heteroatoms. The average molecular weight is 293 g/mol. The number of hydrogen-bond donors (Lipinski definition) is 1. The number of nitrogens with zero attached hydrogens (tertiary/aromatic N) is 2. The topological polar surface area (TPSA) is 62.3 Å². The Hall–Kier alpha value is -1.43. The summed E-state index contributed by atoms with van der Waals surface area (Å²) in [5.41, 5.74) is 0. The van der Waals surface area contributed by atoms with Crippen LogP contribution in [-0.2, 0) is 9.59 Å². The van der Waals surface area contributed by atoms with Crippen molar-refractivity contribution < 1.29 is 9.59 Å². The van der Waals surface area contributed by atoms with Crippen LogP contribution in [0.1, 0.15) is 37.0 Å². The molecular weight excluding hydrogens is 274 g/mol. The molecule has 0 spiro atoms. The quantitative estimate of drug-likeness (QED) is 0.929. The van der Waals surface area contributed by atoms with Gasteiger partial charge in [0.05, 0.1) is 5.92 Å². The number of likely N-dealkylation sites (tertiary alicyclic amines) is 1. The molecule has 1 unspecified atom stereocenters. The van der Waals surface area contributed by atoms with Crippen LogP contribution in [0, 0.1) is 12.8 Å². The van der Waals surface area contributed by atoms with Gasteiger partial charge in [0, 0.05) is 30.1 Å². The molecule has 0 radical (unpaired) electrons. The predicted molar refractivity (Wildman–Crippen MR) is 77.6 cm³/mol. The van der Waals surface area contributed by atoms with E-state index in [9.17, 15) is 9.59 Å². The van der Waals surface area contributed by atoms with E-state index < -0.39 is 0 Å². The number of aromatic nitrogens is 1. The van der Waals surface area contributed by atoms with Gasteiger partial charge in [-0.3, -0.25) is 9.59 Å². The van der Waals surface area contributed by atoms with Crippen molar-refractivity contribution in [1.82, 2.24) is 9.88 Å². The fourth-order valence-electron chi connectivity index (χ4n) is 3.10. The Morgan fingerprint density at radius 2 is 2.20 bits per heavy atom. The third kappa shape index (κ3) is 2.70. The summed E-state index contributed by atoms with van der Waals surface area (Å²) in [5.74, 6) is -0.173. The number of amides is 2. The first-order valence-corrected chi connectivity index (χ1v) is 7.98. The maximum Gasteiger partial charge on any atom is 0.231 e. The molecule has 1 saturated heterocycles. The molecule has 2 amide bonds. The number of rotatable bonds is 3. The highest BCUT2D eigenvalue weighted by Crippen LogP contribution is 2.30. The van der Waals surface area contributed by atoms with E-state index in [-0.39, 0.29) is 17.7 Å². The Labute approximate surface area is 122 Å². The first-order chi connectivity index (χ1) is 9.63. The van der Waals surface area contributed by atoms with E-state index in [0.29, 0.717) is 24.1 Å². The lowest BCUT2D eigenvalue weighted by atomic mass is 10.1. The third-order valence-corrected chi connectivity index (χ3v) is 4.97. The maximum atomic E-state index is 12.2. The Bertz CT molecular complexity index is 522. The molecule has 1 aromatic heterocycles. The molecule has 0 aromatic carbocycles. The van der Waals surface area contributed by atoms with Gasteiger partial charge in [0.1, 0.15) is 0 Å². The van der Waals surface area contributed by atoms with Crippen LogP contribution in [0.3, 0.4) is 0 Å². The van der Waals surface area contributed by atoms with E-state index in [1.54, 1.807) is 6.20 Å². The van der Waals surface area contributed by atoms with Gasteiger partial charge < -0.3 is 10.2 Å². The predicted octanol–water partition coefficient (Wildman–Crippen LogP) is 2.18. The lowest BCUT2D eigenvalue weighted by molar-refractivity contribution is -0.129. The van der Waals surface area contributed by atoms with Crippen LogP contribution in [0.5, 0.6) is 0 Å². The monoisotopic (exact) mass is 293 g/mol. The van der Waals surface area contributed by atoms with Gasteiger partial charge in [-0.05, 0) is 19.8 Å². The first-order valence-electron chi connectivity index (χ1n) is 7.16. The Morgan fingerprint density at radius 3 is 2.85 bits per heavy atom. The molecule has 1 N–H and O–H groups in total. The molecule has 108 valence electrons. The molecule has 2 aliphatic rings. The molecule has 2 heterocycles. The average Bonchev–Trinajstić information content (AvgIpc) is 3.10. The van der Waals surface area contributed by atoms with Crippen LogP contribution < -0.4 is 5.32 Å². The van der Waals surface area contributed by atoms with Crippen LogP contribution >= 0.6 is 11.3 Å². The number of nitrogens with one attached hydrogen (secondary N) is 1. The molecule has 1 aliphatic carbocycles. The second-order valence-electron chi connectivity index (χ2n) is 5.65. The van der Waals surface area contributed by atoms with Gasteiger partial charge in [-0.1, -0.05) is 12.8 Å². The number of carbonyl (C=O) groups is 2. The number of hydrogen-bond acceptors (Lipinski definition) is 4. The van der Waals surface area contributed by atoms with Gasteiger partial charge in [0.25, 0.3) is 0 Å². The highest BCUT2D eigenvalue weighted by molar-refractivity contribution is 7.15. The Kier molecular flexibility index (Phi) is 3.74. The summed E-state index contributed by atoms with van der Waals surface area (Å²) in [6.45, 7) is 2.52. The van der Waals surface area contributed by atoms with E-state index >= 15 is 0 Å². The summed E-state index contributed by atoms with van der Waals surface area (Å²) < 4.78 is 0. The van der Waals surface area contributed by atoms with Gasteiger partial charge >= 0.3 is 0 Å². The molecule has 1 atom stereocenters. The fraction of sp³-hybridized carbons (Fsp3) is 0.643. The van der Waals surface area contributed by atoms with Gasteiger partial charge in [0.2, 0.25) is 11.8 Å². The SMILES string of the molecule is Cc1cnc(NC(=O)C2CC(=O)N(C3CCCC3)C2)s1. The van der Waals surface area contributed by atoms with Gasteiger partial charge in [-0.2, -0.15) is 0 Å². The summed E-state index contributed by atoms with van der Waals surface area (Å²) in [6.07, 6.45) is 6.66. The lowest BCUT2D eigenvalue weighted by Crippen LogP contribution is -2.35. The van der Waals surface area contributed by atoms with Crippen LogP contribution in [0.4, 0.5) is 5.13 Å². The van der Waals surface area contributed by atoms with Crippen molar-refractivity contribution >= 4 is 28.3 Å². The Balaban J connectivity index is 1.60. The number of carbonyl (C=O) groups excluding carboxylic acids is 2. The molecule has 3 rings (SSSR count). The van der Waals surface area contributed by atoms with E-state index in [2.05, 4.69) is 10.3 Å². The fourth-order valence-corrected chi connectivity index (χ4v) is 3.76. The smallest absolute Gasteiger partial charge is 0.231 e. The normalized spacial score (nSPS) is 23.6. The Morgan fingerprint density at radius 1 is 1.45 bits per heavy atom. The highest BCUT2D eigenvalue weighted by Gasteiger charge is 2.38. The molecule has 0 bridgehead atoms. The zero-order valence-corrected chi connectivity index (χ0v) is 12.4. The summed E-state index contributed by atoms with van der Waals surface area (Å²) >= 11 is 1.46. The van der Waals surface area contributed by atoms with Crippen molar-refractivity contribution in [3.05, 3.63) is 11.1 Å². The molecule has 1 aliphatic heterocycles. The number of anilines is 1. The van der Waals surface area contributed by atoms with Crippen molar-refractivity contribution in [3.8, 4) is 0 Å².